The van der Waals surface area contributed by atoms with Crippen LogP contribution in [0.1, 0.15) is 43.0 Å². The summed E-state index contributed by atoms with van der Waals surface area (Å²) >= 11 is 0. The molecule has 0 saturated carbocycles. The lowest BCUT2D eigenvalue weighted by Crippen LogP contribution is -2.14. The van der Waals surface area contributed by atoms with E-state index in [0.29, 0.717) is 17.0 Å². The third-order valence-corrected chi connectivity index (χ3v) is 5.43. The van der Waals surface area contributed by atoms with E-state index >= 15 is 0 Å². The molecule has 0 aliphatic rings. The summed E-state index contributed by atoms with van der Waals surface area (Å²) in [5, 5.41) is 23.9. The van der Waals surface area contributed by atoms with Crippen LogP contribution in [0, 0.1) is 35.3 Å². The lowest BCUT2D eigenvalue weighted by Gasteiger charge is -2.19. The number of aryl methyl sites for hydroxylation is 2. The number of amides is 1. The molecule has 7 nitrogen and oxygen atoms in total. The van der Waals surface area contributed by atoms with Gasteiger partial charge in [0.05, 0.1) is 4.92 Å². The first-order chi connectivity index (χ1) is 16.5. The van der Waals surface area contributed by atoms with Gasteiger partial charge in [-0.05, 0) is 66.3 Å². The Morgan fingerprint density at radius 2 is 1.74 bits per heavy atom. The molecule has 1 N–H and O–H groups in total. The molecular weight excluding hydrogens is 442 g/mol. The molecule has 35 heavy (non-hydrogen) atoms. The van der Waals surface area contributed by atoms with Crippen molar-refractivity contribution in [1.29, 1.82) is 5.26 Å². The SMILES string of the molecule is Cc1ccc(NC(=O)/C(C#N)=C/c2ccc(Oc3ccc(C(C)(C)C)cc3)c([N+](=O)[O-])c2)c(C)c1. The standard InChI is InChI=1S/C28H27N3O4/c1-18-6-12-24(19(2)14-18)30-27(32)21(17-29)15-20-7-13-26(25(16-20)31(33)34)35-23-10-8-22(9-11-23)28(3,4)5/h6-16H,1-5H3,(H,30,32)/b21-15+. The normalized spacial score (nSPS) is 11.5. The van der Waals surface area contributed by atoms with Crippen LogP contribution in [-0.2, 0) is 10.2 Å². The molecule has 0 aliphatic heterocycles. The van der Waals surface area contributed by atoms with Crippen LogP contribution in [0.25, 0.3) is 6.08 Å². The number of ether oxygens (including phenoxy) is 1. The fourth-order valence-corrected chi connectivity index (χ4v) is 3.46. The van der Waals surface area contributed by atoms with Crippen molar-refractivity contribution in [3.8, 4) is 17.6 Å². The maximum Gasteiger partial charge on any atom is 0.312 e. The molecule has 3 rings (SSSR count). The summed E-state index contributed by atoms with van der Waals surface area (Å²) in [6.45, 7) is 10.1. The Morgan fingerprint density at radius 1 is 1.06 bits per heavy atom. The van der Waals surface area contributed by atoms with Crippen molar-refractivity contribution in [2.75, 3.05) is 5.32 Å². The molecule has 1 amide bonds. The summed E-state index contributed by atoms with van der Waals surface area (Å²) in [5.41, 5.74) is 3.48. The third-order valence-electron chi connectivity index (χ3n) is 5.43. The highest BCUT2D eigenvalue weighted by molar-refractivity contribution is 6.10. The minimum Gasteiger partial charge on any atom is -0.450 e. The van der Waals surface area contributed by atoms with E-state index < -0.39 is 10.8 Å². The number of nitriles is 1. The number of benzene rings is 3. The largest absolute Gasteiger partial charge is 0.450 e. The highest BCUT2D eigenvalue weighted by Gasteiger charge is 2.19. The first kappa shape index (κ1) is 25.2. The number of anilines is 1. The molecule has 0 fully saturated rings. The molecule has 0 heterocycles. The average Bonchev–Trinajstić information content (AvgIpc) is 2.79. The summed E-state index contributed by atoms with van der Waals surface area (Å²) in [4.78, 5) is 23.8. The Kier molecular flexibility index (Phi) is 7.36. The van der Waals surface area contributed by atoms with Crippen LogP contribution in [0.3, 0.4) is 0 Å². The maximum atomic E-state index is 12.6. The van der Waals surface area contributed by atoms with E-state index in [1.54, 1.807) is 24.3 Å². The zero-order valence-electron chi connectivity index (χ0n) is 20.4. The smallest absolute Gasteiger partial charge is 0.312 e. The highest BCUT2D eigenvalue weighted by atomic mass is 16.6. The second-order valence-corrected chi connectivity index (χ2v) is 9.30. The van der Waals surface area contributed by atoms with Gasteiger partial charge in [0.2, 0.25) is 5.75 Å². The molecule has 0 bridgehead atoms. The Morgan fingerprint density at radius 3 is 2.31 bits per heavy atom. The summed E-state index contributed by atoms with van der Waals surface area (Å²) in [6.07, 6.45) is 1.31. The number of nitro benzene ring substituents is 1. The number of rotatable bonds is 6. The van der Waals surface area contributed by atoms with E-state index in [4.69, 9.17) is 4.74 Å². The van der Waals surface area contributed by atoms with E-state index in [9.17, 15) is 20.2 Å². The quantitative estimate of drug-likeness (QED) is 0.184. The fraction of sp³-hybridized carbons (Fsp3) is 0.214. The van der Waals surface area contributed by atoms with Gasteiger partial charge in [-0.25, -0.2) is 0 Å². The lowest BCUT2D eigenvalue weighted by molar-refractivity contribution is -0.385. The van der Waals surface area contributed by atoms with Gasteiger partial charge >= 0.3 is 5.69 Å². The number of nitro groups is 1. The topological polar surface area (TPSA) is 105 Å². The summed E-state index contributed by atoms with van der Waals surface area (Å²) < 4.78 is 5.77. The predicted octanol–water partition coefficient (Wildman–Crippen LogP) is 6.85. The number of hydrogen-bond acceptors (Lipinski definition) is 5. The Balaban J connectivity index is 1.85. The van der Waals surface area contributed by atoms with Gasteiger partial charge in [-0.1, -0.05) is 56.7 Å². The van der Waals surface area contributed by atoms with Crippen molar-refractivity contribution in [2.24, 2.45) is 0 Å². The maximum absolute atomic E-state index is 12.6. The van der Waals surface area contributed by atoms with Gasteiger partial charge in [0.15, 0.2) is 0 Å². The lowest BCUT2D eigenvalue weighted by atomic mass is 9.87. The molecule has 0 radical (unpaired) electrons. The van der Waals surface area contributed by atoms with Gasteiger partial charge in [0, 0.05) is 11.8 Å². The summed E-state index contributed by atoms with van der Waals surface area (Å²) in [7, 11) is 0. The van der Waals surface area contributed by atoms with Crippen LogP contribution >= 0.6 is 0 Å². The van der Waals surface area contributed by atoms with Gasteiger partial charge < -0.3 is 10.1 Å². The molecule has 0 atom stereocenters. The van der Waals surface area contributed by atoms with Crippen LogP contribution in [0.15, 0.2) is 66.2 Å². The molecule has 3 aromatic rings. The van der Waals surface area contributed by atoms with Crippen molar-refractivity contribution in [3.63, 3.8) is 0 Å². The molecule has 0 aromatic heterocycles. The van der Waals surface area contributed by atoms with Gasteiger partial charge in [-0.2, -0.15) is 5.26 Å². The van der Waals surface area contributed by atoms with E-state index in [2.05, 4.69) is 26.1 Å². The molecule has 0 spiro atoms. The zero-order chi connectivity index (χ0) is 25.8. The molecule has 0 aliphatic carbocycles. The van der Waals surface area contributed by atoms with Crippen LogP contribution in [-0.4, -0.2) is 10.8 Å². The van der Waals surface area contributed by atoms with E-state index in [0.717, 1.165) is 16.7 Å². The van der Waals surface area contributed by atoms with Gasteiger partial charge in [-0.15, -0.1) is 0 Å². The van der Waals surface area contributed by atoms with Crippen molar-refractivity contribution >= 4 is 23.4 Å². The third kappa shape index (κ3) is 6.33. The van der Waals surface area contributed by atoms with Crippen LogP contribution in [0.2, 0.25) is 0 Å². The average molecular weight is 470 g/mol. The van der Waals surface area contributed by atoms with Gasteiger partial charge in [0.25, 0.3) is 5.91 Å². The second-order valence-electron chi connectivity index (χ2n) is 9.30. The van der Waals surface area contributed by atoms with Crippen LogP contribution in [0.4, 0.5) is 11.4 Å². The molecule has 178 valence electrons. The predicted molar refractivity (Wildman–Crippen MR) is 136 cm³/mol. The monoisotopic (exact) mass is 469 g/mol. The molecule has 0 unspecified atom stereocenters. The van der Waals surface area contributed by atoms with Gasteiger partial charge in [0.1, 0.15) is 17.4 Å². The number of nitrogens with zero attached hydrogens (tertiary/aromatic N) is 2. The van der Waals surface area contributed by atoms with Crippen LogP contribution < -0.4 is 10.1 Å². The highest BCUT2D eigenvalue weighted by Crippen LogP contribution is 2.34. The number of nitrogens with one attached hydrogen (secondary N) is 1. The van der Waals surface area contributed by atoms with E-state index in [1.165, 1.54) is 18.2 Å². The minimum absolute atomic E-state index is 0.0264. The second kappa shape index (κ2) is 10.2. The van der Waals surface area contributed by atoms with Crippen LogP contribution in [0.5, 0.6) is 11.5 Å². The summed E-state index contributed by atoms with van der Waals surface area (Å²) in [5.74, 6) is -0.0646. The van der Waals surface area contributed by atoms with Crippen molar-refractivity contribution < 1.29 is 14.5 Å². The first-order valence-corrected chi connectivity index (χ1v) is 11.0. The van der Waals surface area contributed by atoms with Crippen molar-refractivity contribution in [3.05, 3.63) is 98.6 Å². The van der Waals surface area contributed by atoms with Crippen molar-refractivity contribution in [1.82, 2.24) is 0 Å². The fourth-order valence-electron chi connectivity index (χ4n) is 3.46. The number of carbonyl (C=O) groups is 1. The van der Waals surface area contributed by atoms with E-state index in [-0.39, 0.29) is 22.4 Å². The minimum atomic E-state index is -0.596. The molecule has 0 saturated heterocycles. The Hall–Kier alpha value is -4.44. The van der Waals surface area contributed by atoms with Crippen molar-refractivity contribution in [2.45, 2.75) is 40.0 Å². The Labute approximate surface area is 204 Å². The zero-order valence-corrected chi connectivity index (χ0v) is 20.4. The molecular formula is C28H27N3O4. The van der Waals surface area contributed by atoms with E-state index in [1.807, 2.05) is 44.2 Å². The Bertz CT molecular complexity index is 1340. The first-order valence-electron chi connectivity index (χ1n) is 11.0. The number of carbonyl (C=O) groups excluding carboxylic acids is 1. The summed E-state index contributed by atoms with van der Waals surface area (Å²) in [6, 6.07) is 19.1. The molecule has 3 aromatic carbocycles. The molecule has 7 heteroatoms. The van der Waals surface area contributed by atoms with Gasteiger partial charge in [-0.3, -0.25) is 14.9 Å². The number of hydrogen-bond donors (Lipinski definition) is 1.